The average molecular weight is 785 g/mol. The molecular formula is C41H36O16. The summed E-state index contributed by atoms with van der Waals surface area (Å²) in [7, 11) is 0. The summed E-state index contributed by atoms with van der Waals surface area (Å²) in [5, 5.41) is 0. The average Bonchev–Trinajstić information content (AvgIpc) is 4.04. The minimum Gasteiger partial charge on any atom is -0.464 e. The van der Waals surface area contributed by atoms with Crippen LogP contribution >= 0.6 is 0 Å². The van der Waals surface area contributed by atoms with E-state index in [4.69, 9.17) is 56.8 Å². The maximum atomic E-state index is 13.3. The molecule has 0 bridgehead atoms. The van der Waals surface area contributed by atoms with Crippen LogP contribution in [0.5, 0.6) is 46.0 Å². The first-order valence-electron chi connectivity index (χ1n) is 17.9. The van der Waals surface area contributed by atoms with E-state index in [9.17, 15) is 19.2 Å². The standard InChI is InChI=1S/C41H36O16/c42-37(13-25-1-5-29-33(9-25)54-21-50-29)46-17-41(18-47-38(43)14-26-2-6-30-34(10-26)55-22-51-30,19-48-39(44)15-27-3-7-31-35(11-27)56-23-52-31)20-49-40(45)16-28-4-8-32-36(12-28)57-24-53-32/h1-12H,13-24H2. The second-order valence-electron chi connectivity index (χ2n) is 13.6. The summed E-state index contributed by atoms with van der Waals surface area (Å²) in [6.07, 6.45) is -0.594. The van der Waals surface area contributed by atoms with E-state index >= 15 is 0 Å². The summed E-state index contributed by atoms with van der Waals surface area (Å²) in [5.74, 6) is 1.59. The topological polar surface area (TPSA) is 179 Å². The highest BCUT2D eigenvalue weighted by Gasteiger charge is 2.38. The summed E-state index contributed by atoms with van der Waals surface area (Å²) >= 11 is 0. The van der Waals surface area contributed by atoms with Gasteiger partial charge in [0.05, 0.1) is 25.7 Å². The zero-order valence-electron chi connectivity index (χ0n) is 30.4. The molecule has 0 atom stereocenters. The Morgan fingerprint density at radius 2 is 0.596 bits per heavy atom. The van der Waals surface area contributed by atoms with Crippen molar-refractivity contribution in [2.75, 3.05) is 53.6 Å². The molecule has 16 heteroatoms. The Morgan fingerprint density at radius 1 is 0.368 bits per heavy atom. The predicted octanol–water partition coefficient (Wildman–Crippen LogP) is 4.03. The lowest BCUT2D eigenvalue weighted by atomic mass is 9.92. The highest BCUT2D eigenvalue weighted by molar-refractivity contribution is 5.75. The lowest BCUT2D eigenvalue weighted by Crippen LogP contribution is -2.44. The third-order valence-electron chi connectivity index (χ3n) is 9.30. The van der Waals surface area contributed by atoms with Crippen LogP contribution in [0.2, 0.25) is 0 Å². The molecule has 57 heavy (non-hydrogen) atoms. The van der Waals surface area contributed by atoms with Gasteiger partial charge >= 0.3 is 23.9 Å². The quantitative estimate of drug-likeness (QED) is 0.117. The Labute approximate surface area is 325 Å². The Hall–Kier alpha value is -6.84. The van der Waals surface area contributed by atoms with Gasteiger partial charge in [-0.05, 0) is 70.8 Å². The minimum atomic E-state index is -1.54. The van der Waals surface area contributed by atoms with Gasteiger partial charge in [-0.2, -0.15) is 0 Å². The summed E-state index contributed by atoms with van der Waals surface area (Å²) in [6, 6.07) is 20.3. The fourth-order valence-electron chi connectivity index (χ4n) is 6.26. The van der Waals surface area contributed by atoms with E-state index in [0.29, 0.717) is 68.2 Å². The van der Waals surface area contributed by atoms with Gasteiger partial charge in [0.15, 0.2) is 46.0 Å². The number of esters is 4. The Kier molecular flexibility index (Phi) is 10.7. The van der Waals surface area contributed by atoms with E-state index < -0.39 is 55.7 Å². The molecule has 8 rings (SSSR count). The van der Waals surface area contributed by atoms with Crippen LogP contribution in [-0.2, 0) is 63.8 Å². The molecule has 0 aliphatic carbocycles. The van der Waals surface area contributed by atoms with Gasteiger partial charge < -0.3 is 56.8 Å². The van der Waals surface area contributed by atoms with Gasteiger partial charge in [-0.1, -0.05) is 24.3 Å². The normalized spacial score (nSPS) is 13.9. The monoisotopic (exact) mass is 784 g/mol. The molecule has 4 aliphatic rings. The summed E-state index contributed by atoms with van der Waals surface area (Å²) in [6.45, 7) is -1.55. The SMILES string of the molecule is O=C(Cc1ccc2c(c1)OCO2)OCC(COC(=O)Cc1ccc2c(c1)OCO2)(COC(=O)Cc1ccc2c(c1)OCO2)COC(=O)Cc1ccc2c(c1)OCO2. The van der Waals surface area contributed by atoms with Crippen molar-refractivity contribution in [1.29, 1.82) is 0 Å². The van der Waals surface area contributed by atoms with Gasteiger partial charge in [0.2, 0.25) is 27.2 Å². The van der Waals surface area contributed by atoms with Crippen LogP contribution in [0.15, 0.2) is 72.8 Å². The molecule has 4 aliphatic heterocycles. The molecule has 4 aromatic rings. The molecule has 0 N–H and O–H groups in total. The molecule has 4 aromatic carbocycles. The van der Waals surface area contributed by atoms with E-state index in [2.05, 4.69) is 0 Å². The van der Waals surface area contributed by atoms with E-state index in [-0.39, 0.29) is 52.9 Å². The fraction of sp³-hybridized carbons (Fsp3) is 0.317. The van der Waals surface area contributed by atoms with E-state index in [1.54, 1.807) is 72.8 Å². The van der Waals surface area contributed by atoms with Crippen LogP contribution in [0.25, 0.3) is 0 Å². The van der Waals surface area contributed by atoms with Crippen LogP contribution in [0.3, 0.4) is 0 Å². The first-order chi connectivity index (χ1) is 27.8. The number of benzene rings is 4. The van der Waals surface area contributed by atoms with Crippen LogP contribution in [0.4, 0.5) is 0 Å². The summed E-state index contributed by atoms with van der Waals surface area (Å²) in [5.41, 5.74) is 0.834. The van der Waals surface area contributed by atoms with Crippen molar-refractivity contribution < 1.29 is 76.0 Å². The maximum Gasteiger partial charge on any atom is 0.310 e. The molecule has 0 saturated carbocycles. The Morgan fingerprint density at radius 3 is 0.842 bits per heavy atom. The molecule has 296 valence electrons. The van der Waals surface area contributed by atoms with Crippen molar-refractivity contribution in [2.45, 2.75) is 25.7 Å². The van der Waals surface area contributed by atoms with Gasteiger partial charge in [0, 0.05) is 0 Å². The van der Waals surface area contributed by atoms with Crippen molar-refractivity contribution in [3.63, 3.8) is 0 Å². The zero-order chi connectivity index (χ0) is 39.2. The molecular weight excluding hydrogens is 748 g/mol. The van der Waals surface area contributed by atoms with Gasteiger partial charge in [-0.25, -0.2) is 0 Å². The molecule has 16 nitrogen and oxygen atoms in total. The number of fused-ring (bicyclic) bond motifs is 4. The van der Waals surface area contributed by atoms with Crippen molar-refractivity contribution in [1.82, 2.24) is 0 Å². The molecule has 4 heterocycles. The number of carbonyl (C=O) groups excluding carboxylic acids is 4. The first kappa shape index (κ1) is 37.1. The van der Waals surface area contributed by atoms with Crippen LogP contribution in [0, 0.1) is 5.41 Å². The highest BCUT2D eigenvalue weighted by atomic mass is 16.7. The molecule has 0 amide bonds. The number of hydrogen-bond donors (Lipinski definition) is 0. The zero-order valence-corrected chi connectivity index (χ0v) is 30.4. The van der Waals surface area contributed by atoms with E-state index in [1.165, 1.54) is 0 Å². The van der Waals surface area contributed by atoms with E-state index in [1.807, 2.05) is 0 Å². The molecule has 0 unspecified atom stereocenters. The number of hydrogen-bond acceptors (Lipinski definition) is 16. The highest BCUT2D eigenvalue weighted by Crippen LogP contribution is 2.36. The number of ether oxygens (including phenoxy) is 12. The Bertz CT molecular complexity index is 1870. The lowest BCUT2D eigenvalue weighted by molar-refractivity contribution is -0.169. The van der Waals surface area contributed by atoms with Crippen LogP contribution in [-0.4, -0.2) is 77.5 Å². The van der Waals surface area contributed by atoms with Crippen molar-refractivity contribution in [3.05, 3.63) is 95.1 Å². The van der Waals surface area contributed by atoms with Crippen molar-refractivity contribution in [3.8, 4) is 46.0 Å². The second kappa shape index (κ2) is 16.5. The first-order valence-corrected chi connectivity index (χ1v) is 17.9. The molecule has 0 spiro atoms. The third kappa shape index (κ3) is 9.18. The Balaban J connectivity index is 0.992. The molecule has 0 saturated heterocycles. The lowest BCUT2D eigenvalue weighted by Gasteiger charge is -2.31. The fourth-order valence-corrected chi connectivity index (χ4v) is 6.26. The van der Waals surface area contributed by atoms with Crippen molar-refractivity contribution >= 4 is 23.9 Å². The van der Waals surface area contributed by atoms with E-state index in [0.717, 1.165) is 0 Å². The predicted molar refractivity (Wildman–Crippen MR) is 191 cm³/mol. The molecule has 0 radical (unpaired) electrons. The largest absolute Gasteiger partial charge is 0.464 e. The summed E-state index contributed by atoms with van der Waals surface area (Å²) in [4.78, 5) is 53.2. The van der Waals surface area contributed by atoms with Crippen LogP contribution < -0.4 is 37.9 Å². The third-order valence-corrected chi connectivity index (χ3v) is 9.30. The van der Waals surface area contributed by atoms with Gasteiger partial charge in [0.1, 0.15) is 31.8 Å². The number of carbonyl (C=O) groups is 4. The second-order valence-corrected chi connectivity index (χ2v) is 13.6. The smallest absolute Gasteiger partial charge is 0.310 e. The van der Waals surface area contributed by atoms with Crippen LogP contribution in [0.1, 0.15) is 22.3 Å². The van der Waals surface area contributed by atoms with Gasteiger partial charge in [-0.3, -0.25) is 19.2 Å². The molecule has 0 aromatic heterocycles. The number of rotatable bonds is 16. The minimum absolute atomic E-state index is 0.0694. The summed E-state index contributed by atoms with van der Waals surface area (Å²) < 4.78 is 66.2. The molecule has 0 fully saturated rings. The van der Waals surface area contributed by atoms with Crippen molar-refractivity contribution in [2.24, 2.45) is 5.41 Å². The van der Waals surface area contributed by atoms with Gasteiger partial charge in [0.25, 0.3) is 0 Å². The maximum absolute atomic E-state index is 13.3. The van der Waals surface area contributed by atoms with Gasteiger partial charge in [-0.15, -0.1) is 0 Å².